The van der Waals surface area contributed by atoms with Crippen LogP contribution in [0.15, 0.2) is 29.2 Å². The molecule has 5 nitrogen and oxygen atoms in total. The first-order valence-corrected chi connectivity index (χ1v) is 7.43. The highest BCUT2D eigenvalue weighted by molar-refractivity contribution is 7.89. The number of hydrogen-bond acceptors (Lipinski definition) is 3. The van der Waals surface area contributed by atoms with Gasteiger partial charge in [-0.05, 0) is 42.3 Å². The second-order valence-corrected chi connectivity index (χ2v) is 6.10. The molecule has 1 aromatic rings. The van der Waals surface area contributed by atoms with Crippen LogP contribution in [0.2, 0.25) is 0 Å². The molecule has 0 heterocycles. The minimum atomic E-state index is -3.63. The van der Waals surface area contributed by atoms with Gasteiger partial charge in [0.25, 0.3) is 10.0 Å². The Morgan fingerprint density at radius 3 is 2.39 bits per heavy atom. The minimum absolute atomic E-state index is 0.130. The highest BCUT2D eigenvalue weighted by Crippen LogP contribution is 2.20. The standard InChI is InChI=1S/C11H17N3O2S2/c1-3-8(2)9-4-6-10(7-5-9)18(15,16)14-13-11(12)17/h4-8,14H,3H2,1-2H3,(H3,12,13,17). The van der Waals surface area contributed by atoms with Gasteiger partial charge in [0.05, 0.1) is 4.90 Å². The molecule has 0 radical (unpaired) electrons. The van der Waals surface area contributed by atoms with E-state index in [2.05, 4.69) is 36.3 Å². The monoisotopic (exact) mass is 287 g/mol. The summed E-state index contributed by atoms with van der Waals surface area (Å²) in [6, 6.07) is 6.74. The lowest BCUT2D eigenvalue weighted by molar-refractivity contribution is 0.577. The highest BCUT2D eigenvalue weighted by atomic mass is 32.2. The van der Waals surface area contributed by atoms with Gasteiger partial charge in [-0.2, -0.15) is 0 Å². The van der Waals surface area contributed by atoms with Crippen molar-refractivity contribution in [1.29, 1.82) is 0 Å². The zero-order valence-electron chi connectivity index (χ0n) is 10.3. The van der Waals surface area contributed by atoms with Crippen LogP contribution in [0.5, 0.6) is 0 Å². The van der Waals surface area contributed by atoms with Gasteiger partial charge in [0.15, 0.2) is 5.11 Å². The quantitative estimate of drug-likeness (QED) is 0.560. The molecule has 100 valence electrons. The van der Waals surface area contributed by atoms with Crippen LogP contribution in [-0.2, 0) is 10.0 Å². The summed E-state index contributed by atoms with van der Waals surface area (Å²) in [5.74, 6) is 0.407. The van der Waals surface area contributed by atoms with Crippen LogP contribution < -0.4 is 16.0 Å². The normalized spacial score (nSPS) is 13.0. The fourth-order valence-corrected chi connectivity index (χ4v) is 2.36. The number of benzene rings is 1. The van der Waals surface area contributed by atoms with Crippen LogP contribution in [0.25, 0.3) is 0 Å². The number of hydrazine groups is 1. The van der Waals surface area contributed by atoms with Crippen molar-refractivity contribution in [2.75, 3.05) is 0 Å². The van der Waals surface area contributed by atoms with E-state index < -0.39 is 10.0 Å². The summed E-state index contributed by atoms with van der Waals surface area (Å²) in [6.45, 7) is 4.18. The molecule has 0 amide bonds. The lowest BCUT2D eigenvalue weighted by Gasteiger charge is -2.11. The number of thiocarbonyl (C=S) groups is 1. The van der Waals surface area contributed by atoms with Gasteiger partial charge in [-0.3, -0.25) is 5.43 Å². The lowest BCUT2D eigenvalue weighted by Crippen LogP contribution is -2.44. The van der Waals surface area contributed by atoms with Crippen molar-refractivity contribution in [2.24, 2.45) is 5.73 Å². The van der Waals surface area contributed by atoms with Gasteiger partial charge < -0.3 is 5.73 Å². The lowest BCUT2D eigenvalue weighted by atomic mass is 9.99. The summed E-state index contributed by atoms with van der Waals surface area (Å²) in [7, 11) is -3.63. The first-order chi connectivity index (χ1) is 8.36. The predicted octanol–water partition coefficient (Wildman–Crippen LogP) is 1.23. The molecule has 1 atom stereocenters. The Labute approximate surface area is 113 Å². The molecule has 0 aliphatic carbocycles. The third-order valence-corrected chi connectivity index (χ3v) is 4.05. The molecule has 4 N–H and O–H groups in total. The van der Waals surface area contributed by atoms with Crippen molar-refractivity contribution in [3.8, 4) is 0 Å². The van der Waals surface area contributed by atoms with E-state index in [4.69, 9.17) is 5.73 Å². The Morgan fingerprint density at radius 2 is 1.94 bits per heavy atom. The van der Waals surface area contributed by atoms with Crippen molar-refractivity contribution in [3.63, 3.8) is 0 Å². The van der Waals surface area contributed by atoms with E-state index in [1.165, 1.54) is 0 Å². The van der Waals surface area contributed by atoms with E-state index >= 15 is 0 Å². The van der Waals surface area contributed by atoms with E-state index in [1.807, 2.05) is 12.1 Å². The molecule has 1 aromatic carbocycles. The van der Waals surface area contributed by atoms with Crippen LogP contribution in [0.3, 0.4) is 0 Å². The van der Waals surface area contributed by atoms with E-state index in [1.54, 1.807) is 12.1 Å². The Morgan fingerprint density at radius 1 is 1.39 bits per heavy atom. The minimum Gasteiger partial charge on any atom is -0.375 e. The largest absolute Gasteiger partial charge is 0.375 e. The first kappa shape index (κ1) is 14.9. The van der Waals surface area contributed by atoms with E-state index in [-0.39, 0.29) is 10.0 Å². The third-order valence-electron chi connectivity index (χ3n) is 2.68. The number of hydrogen-bond donors (Lipinski definition) is 3. The van der Waals surface area contributed by atoms with Crippen LogP contribution in [0.1, 0.15) is 31.7 Å². The molecule has 0 saturated carbocycles. The van der Waals surface area contributed by atoms with Crippen LogP contribution in [0.4, 0.5) is 0 Å². The predicted molar refractivity (Wildman–Crippen MR) is 75.4 cm³/mol. The van der Waals surface area contributed by atoms with Crippen molar-refractivity contribution < 1.29 is 8.42 Å². The van der Waals surface area contributed by atoms with Crippen molar-refractivity contribution in [3.05, 3.63) is 29.8 Å². The molecule has 0 aromatic heterocycles. The van der Waals surface area contributed by atoms with E-state index in [0.29, 0.717) is 5.92 Å². The summed E-state index contributed by atoms with van der Waals surface area (Å²) in [5, 5.41) is -0.130. The van der Waals surface area contributed by atoms with Gasteiger partial charge in [-0.25, -0.2) is 8.42 Å². The molecule has 0 saturated heterocycles. The van der Waals surface area contributed by atoms with Gasteiger partial charge in [-0.1, -0.05) is 26.0 Å². The molecule has 0 fully saturated rings. The molecule has 18 heavy (non-hydrogen) atoms. The maximum Gasteiger partial charge on any atom is 0.257 e. The molecule has 1 rings (SSSR count). The zero-order valence-corrected chi connectivity index (χ0v) is 11.9. The van der Waals surface area contributed by atoms with Gasteiger partial charge in [-0.15, -0.1) is 4.83 Å². The Hall–Kier alpha value is -1.18. The second kappa shape index (κ2) is 6.12. The molecule has 1 unspecified atom stereocenters. The number of nitrogens with one attached hydrogen (secondary N) is 2. The Balaban J connectivity index is 2.87. The first-order valence-electron chi connectivity index (χ1n) is 5.54. The Bertz CT molecular complexity index is 512. The topological polar surface area (TPSA) is 84.2 Å². The summed E-state index contributed by atoms with van der Waals surface area (Å²) in [5.41, 5.74) is 8.47. The van der Waals surface area contributed by atoms with Crippen LogP contribution in [0, 0.1) is 0 Å². The Kier molecular flexibility index (Phi) is 5.06. The smallest absolute Gasteiger partial charge is 0.257 e. The van der Waals surface area contributed by atoms with Crippen molar-refractivity contribution in [1.82, 2.24) is 10.3 Å². The summed E-state index contributed by atoms with van der Waals surface area (Å²) < 4.78 is 23.6. The SMILES string of the molecule is CCC(C)c1ccc(S(=O)(=O)NNC(N)=S)cc1. The molecule has 0 spiro atoms. The molecule has 0 bridgehead atoms. The maximum absolute atomic E-state index is 11.8. The van der Waals surface area contributed by atoms with E-state index in [0.717, 1.165) is 12.0 Å². The molecule has 0 aliphatic heterocycles. The summed E-state index contributed by atoms with van der Waals surface area (Å²) in [6.07, 6.45) is 1.01. The van der Waals surface area contributed by atoms with Gasteiger partial charge in [0, 0.05) is 0 Å². The molecule has 7 heteroatoms. The van der Waals surface area contributed by atoms with Crippen LogP contribution in [-0.4, -0.2) is 13.5 Å². The number of nitrogens with two attached hydrogens (primary N) is 1. The average Bonchev–Trinajstić information content (AvgIpc) is 2.36. The maximum atomic E-state index is 11.8. The number of sulfonamides is 1. The molecular weight excluding hydrogens is 270 g/mol. The van der Waals surface area contributed by atoms with Gasteiger partial charge >= 0.3 is 0 Å². The fourth-order valence-electron chi connectivity index (χ4n) is 1.39. The summed E-state index contributed by atoms with van der Waals surface area (Å²) >= 11 is 4.52. The fraction of sp³-hybridized carbons (Fsp3) is 0.364. The van der Waals surface area contributed by atoms with Gasteiger partial charge in [0.2, 0.25) is 0 Å². The van der Waals surface area contributed by atoms with E-state index in [9.17, 15) is 8.42 Å². The van der Waals surface area contributed by atoms with Crippen molar-refractivity contribution >= 4 is 27.4 Å². The number of rotatable bonds is 5. The van der Waals surface area contributed by atoms with Gasteiger partial charge in [0.1, 0.15) is 0 Å². The average molecular weight is 287 g/mol. The third kappa shape index (κ3) is 3.94. The summed E-state index contributed by atoms with van der Waals surface area (Å²) in [4.78, 5) is 2.26. The van der Waals surface area contributed by atoms with Crippen LogP contribution >= 0.6 is 12.2 Å². The zero-order chi connectivity index (χ0) is 13.8. The van der Waals surface area contributed by atoms with Crippen molar-refractivity contribution in [2.45, 2.75) is 31.1 Å². The second-order valence-electron chi connectivity index (χ2n) is 3.97. The molecular formula is C11H17N3O2S2. The highest BCUT2D eigenvalue weighted by Gasteiger charge is 2.14. The molecule has 0 aliphatic rings.